The largest absolute Gasteiger partial charge is 0.324 e. The Kier molecular flexibility index (Phi) is 3.61. The highest BCUT2D eigenvalue weighted by Crippen LogP contribution is 2.32. The minimum atomic E-state index is -3.25. The fourth-order valence-corrected chi connectivity index (χ4v) is 4.38. The molecule has 1 aromatic carbocycles. The average Bonchev–Trinajstić information content (AvgIpc) is 2.77. The van der Waals surface area contributed by atoms with E-state index in [-0.39, 0.29) is 10.6 Å². The molecule has 0 amide bonds. The first kappa shape index (κ1) is 12.7. The molecule has 1 saturated carbocycles. The number of hydrogen-bond donors (Lipinski definition) is 2. The number of nitrogens with two attached hydrogens (primary N) is 1. The summed E-state index contributed by atoms with van der Waals surface area (Å²) in [6, 6.07) is 6.46. The quantitative estimate of drug-likeness (QED) is 0.502. The van der Waals surface area contributed by atoms with Gasteiger partial charge in [0.15, 0.2) is 9.84 Å². The second-order valence-electron chi connectivity index (χ2n) is 4.25. The van der Waals surface area contributed by atoms with Gasteiger partial charge in [0, 0.05) is 11.1 Å². The molecule has 2 unspecified atom stereocenters. The summed E-state index contributed by atoms with van der Waals surface area (Å²) in [7, 11) is -3.25. The van der Waals surface area contributed by atoms with Crippen molar-refractivity contribution >= 4 is 27.1 Å². The molecule has 0 spiro atoms. The van der Waals surface area contributed by atoms with Gasteiger partial charge in [0.05, 0.1) is 10.1 Å². The molecule has 94 valence electrons. The second-order valence-corrected chi connectivity index (χ2v) is 7.09. The summed E-state index contributed by atoms with van der Waals surface area (Å²) in [6.45, 7) is 0. The molecule has 1 fully saturated rings. The Hall–Kier alpha value is -0.780. The highest BCUT2D eigenvalue weighted by atomic mass is 35.5. The maximum atomic E-state index is 12.3. The van der Waals surface area contributed by atoms with Gasteiger partial charge in [-0.15, -0.1) is 11.6 Å². The predicted molar refractivity (Wildman–Crippen MR) is 68.7 cm³/mol. The Balaban J connectivity index is 2.25. The van der Waals surface area contributed by atoms with Gasteiger partial charge in [-0.1, -0.05) is 0 Å². The van der Waals surface area contributed by atoms with Gasteiger partial charge in [0.2, 0.25) is 0 Å². The zero-order valence-corrected chi connectivity index (χ0v) is 10.8. The van der Waals surface area contributed by atoms with Crippen LogP contribution in [0.2, 0.25) is 0 Å². The van der Waals surface area contributed by atoms with E-state index in [9.17, 15) is 8.42 Å². The molecule has 0 radical (unpaired) electrons. The van der Waals surface area contributed by atoms with E-state index in [1.165, 1.54) is 0 Å². The summed E-state index contributed by atoms with van der Waals surface area (Å²) < 4.78 is 24.5. The van der Waals surface area contributed by atoms with Crippen LogP contribution < -0.4 is 11.3 Å². The van der Waals surface area contributed by atoms with Crippen molar-refractivity contribution in [2.24, 2.45) is 5.84 Å². The van der Waals surface area contributed by atoms with Gasteiger partial charge in [-0.05, 0) is 43.5 Å². The van der Waals surface area contributed by atoms with Crippen molar-refractivity contribution in [1.29, 1.82) is 0 Å². The fraction of sp³-hybridized carbons (Fsp3) is 0.455. The lowest BCUT2D eigenvalue weighted by Gasteiger charge is -2.11. The summed E-state index contributed by atoms with van der Waals surface area (Å²) in [6.07, 6.45) is 1.96. The maximum absolute atomic E-state index is 12.3. The van der Waals surface area contributed by atoms with E-state index in [1.807, 2.05) is 0 Å². The summed E-state index contributed by atoms with van der Waals surface area (Å²) in [5.41, 5.74) is 3.15. The van der Waals surface area contributed by atoms with Crippen LogP contribution in [0.1, 0.15) is 19.3 Å². The van der Waals surface area contributed by atoms with Gasteiger partial charge in [0.1, 0.15) is 0 Å². The van der Waals surface area contributed by atoms with Gasteiger partial charge in [-0.3, -0.25) is 5.84 Å². The normalized spacial score (nSPS) is 24.8. The highest BCUT2D eigenvalue weighted by Gasteiger charge is 2.34. The van der Waals surface area contributed by atoms with E-state index >= 15 is 0 Å². The van der Waals surface area contributed by atoms with Gasteiger partial charge in [0.25, 0.3) is 0 Å². The zero-order valence-electron chi connectivity index (χ0n) is 9.27. The van der Waals surface area contributed by atoms with E-state index in [2.05, 4.69) is 5.43 Å². The molecular weight excluding hydrogens is 260 g/mol. The van der Waals surface area contributed by atoms with Crippen LogP contribution in [-0.4, -0.2) is 19.0 Å². The van der Waals surface area contributed by atoms with Gasteiger partial charge in [-0.25, -0.2) is 8.42 Å². The molecular formula is C11H15ClN2O2S. The number of anilines is 1. The molecule has 0 bridgehead atoms. The lowest BCUT2D eigenvalue weighted by atomic mass is 10.3. The first-order chi connectivity index (χ1) is 8.04. The number of nitrogens with one attached hydrogen (secondary N) is 1. The predicted octanol–water partition coefficient (Wildman–Crippen LogP) is 1.91. The molecule has 1 aliphatic rings. The van der Waals surface area contributed by atoms with Crippen molar-refractivity contribution in [1.82, 2.24) is 0 Å². The first-order valence-corrected chi connectivity index (χ1v) is 7.47. The number of hydrogen-bond acceptors (Lipinski definition) is 4. The third kappa shape index (κ3) is 2.56. The van der Waals surface area contributed by atoms with Crippen molar-refractivity contribution in [2.75, 3.05) is 5.43 Å². The van der Waals surface area contributed by atoms with Crippen molar-refractivity contribution in [3.05, 3.63) is 24.3 Å². The average molecular weight is 275 g/mol. The van der Waals surface area contributed by atoms with Gasteiger partial charge in [-0.2, -0.15) is 0 Å². The van der Waals surface area contributed by atoms with E-state index < -0.39 is 9.84 Å². The molecule has 0 aromatic heterocycles. The van der Waals surface area contributed by atoms with E-state index in [0.717, 1.165) is 6.42 Å². The lowest BCUT2D eigenvalue weighted by Crippen LogP contribution is -2.18. The topological polar surface area (TPSA) is 72.2 Å². The van der Waals surface area contributed by atoms with E-state index in [4.69, 9.17) is 17.4 Å². The Bertz CT molecular complexity index is 487. The van der Waals surface area contributed by atoms with Crippen LogP contribution in [0.15, 0.2) is 29.2 Å². The van der Waals surface area contributed by atoms with Crippen LogP contribution in [0.4, 0.5) is 5.69 Å². The first-order valence-electron chi connectivity index (χ1n) is 5.48. The number of sulfone groups is 1. The molecule has 3 N–H and O–H groups in total. The number of nitrogen functional groups attached to an aromatic ring is 1. The van der Waals surface area contributed by atoms with Crippen molar-refractivity contribution in [2.45, 2.75) is 34.8 Å². The fourth-order valence-electron chi connectivity index (χ4n) is 2.10. The van der Waals surface area contributed by atoms with Crippen LogP contribution in [0, 0.1) is 0 Å². The molecule has 0 aliphatic heterocycles. The van der Waals surface area contributed by atoms with Crippen molar-refractivity contribution in [3.8, 4) is 0 Å². The SMILES string of the molecule is NNc1ccc(S(=O)(=O)C2CCC(Cl)C2)cc1. The molecule has 17 heavy (non-hydrogen) atoms. The van der Waals surface area contributed by atoms with Crippen LogP contribution in [0.5, 0.6) is 0 Å². The molecule has 0 saturated heterocycles. The number of benzene rings is 1. The standard InChI is InChI=1S/C11H15ClN2O2S/c12-8-1-4-11(7-8)17(15,16)10-5-2-9(14-13)3-6-10/h2-3,5-6,8,11,14H,1,4,7,13H2. The zero-order chi connectivity index (χ0) is 12.5. The molecule has 2 atom stereocenters. The van der Waals surface area contributed by atoms with Crippen molar-refractivity contribution in [3.63, 3.8) is 0 Å². The van der Waals surface area contributed by atoms with Crippen LogP contribution in [-0.2, 0) is 9.84 Å². The number of hydrazine groups is 1. The molecule has 0 heterocycles. The van der Waals surface area contributed by atoms with Crippen LogP contribution in [0.25, 0.3) is 0 Å². The lowest BCUT2D eigenvalue weighted by molar-refractivity contribution is 0.580. The molecule has 1 aromatic rings. The van der Waals surface area contributed by atoms with Crippen LogP contribution >= 0.6 is 11.6 Å². The summed E-state index contributed by atoms with van der Waals surface area (Å²) >= 11 is 5.96. The third-order valence-electron chi connectivity index (χ3n) is 3.11. The second kappa shape index (κ2) is 4.84. The minimum absolute atomic E-state index is 0.0141. The van der Waals surface area contributed by atoms with Crippen molar-refractivity contribution < 1.29 is 8.42 Å². The van der Waals surface area contributed by atoms with Gasteiger partial charge < -0.3 is 5.43 Å². The Morgan fingerprint density at radius 1 is 1.24 bits per heavy atom. The molecule has 4 nitrogen and oxygen atoms in total. The number of rotatable bonds is 3. The maximum Gasteiger partial charge on any atom is 0.181 e. The van der Waals surface area contributed by atoms with Gasteiger partial charge >= 0.3 is 0 Å². The third-order valence-corrected chi connectivity index (χ3v) is 5.74. The van der Waals surface area contributed by atoms with E-state index in [0.29, 0.717) is 23.4 Å². The molecule has 2 rings (SSSR count). The van der Waals surface area contributed by atoms with Crippen LogP contribution in [0.3, 0.4) is 0 Å². The number of alkyl halides is 1. The Labute approximate surface area is 106 Å². The van der Waals surface area contributed by atoms with E-state index in [1.54, 1.807) is 24.3 Å². The minimum Gasteiger partial charge on any atom is -0.324 e. The smallest absolute Gasteiger partial charge is 0.181 e. The molecule has 6 heteroatoms. The highest BCUT2D eigenvalue weighted by molar-refractivity contribution is 7.92. The number of halogens is 1. The monoisotopic (exact) mass is 274 g/mol. The Morgan fingerprint density at radius 2 is 1.88 bits per heavy atom. The summed E-state index contributed by atoms with van der Waals surface area (Å²) in [5.74, 6) is 5.23. The Morgan fingerprint density at radius 3 is 2.35 bits per heavy atom. The summed E-state index contributed by atoms with van der Waals surface area (Å²) in [5, 5.41) is -0.360. The molecule has 1 aliphatic carbocycles. The summed E-state index contributed by atoms with van der Waals surface area (Å²) in [4.78, 5) is 0.340.